The van der Waals surface area contributed by atoms with Gasteiger partial charge in [-0.05, 0) is 39.7 Å². The Hall–Kier alpha value is -0.490. The summed E-state index contributed by atoms with van der Waals surface area (Å²) in [5.74, 6) is 0. The van der Waals surface area contributed by atoms with E-state index in [0.717, 1.165) is 8.58 Å². The third-order valence-electron chi connectivity index (χ3n) is 1.48. The molecule has 0 saturated carbocycles. The maximum Gasteiger partial charge on any atom is 0.144 e. The van der Waals surface area contributed by atoms with E-state index in [9.17, 15) is 0 Å². The highest BCUT2D eigenvalue weighted by molar-refractivity contribution is 14.1. The molecule has 2 rings (SSSR count). The van der Waals surface area contributed by atoms with E-state index in [4.69, 9.17) is 0 Å². The van der Waals surface area contributed by atoms with Crippen LogP contribution in [0.4, 0.5) is 0 Å². The highest BCUT2D eigenvalue weighted by atomic mass is 127. The van der Waals surface area contributed by atoms with Gasteiger partial charge in [0.25, 0.3) is 0 Å². The van der Waals surface area contributed by atoms with Crippen LogP contribution in [0.15, 0.2) is 30.3 Å². The van der Waals surface area contributed by atoms with Crippen LogP contribution in [0.25, 0.3) is 10.4 Å². The third kappa shape index (κ3) is 1.49. The van der Waals surface area contributed by atoms with E-state index in [0.29, 0.717) is 0 Å². The molecule has 2 nitrogen and oxygen atoms in total. The van der Waals surface area contributed by atoms with Crippen molar-refractivity contribution in [3.05, 3.63) is 34.0 Å². The van der Waals surface area contributed by atoms with Crippen molar-refractivity contribution in [3.8, 4) is 10.4 Å². The Kier molecular flexibility index (Phi) is 2.36. The van der Waals surface area contributed by atoms with E-state index >= 15 is 0 Å². The smallest absolute Gasteiger partial charge is 0.131 e. The first-order chi connectivity index (χ1) is 5.88. The van der Waals surface area contributed by atoms with E-state index in [1.807, 2.05) is 18.2 Å². The molecule has 0 fully saturated rings. The normalized spacial score (nSPS) is 10.1. The van der Waals surface area contributed by atoms with Gasteiger partial charge in [0.1, 0.15) is 3.70 Å². The quantitative estimate of drug-likeness (QED) is 0.754. The second-order valence-corrected chi connectivity index (χ2v) is 4.03. The van der Waals surface area contributed by atoms with Gasteiger partial charge in [-0.1, -0.05) is 34.8 Å². The molecule has 4 heteroatoms. The van der Waals surface area contributed by atoms with Crippen molar-refractivity contribution in [1.82, 2.24) is 9.59 Å². The van der Waals surface area contributed by atoms with Crippen LogP contribution in [0.5, 0.6) is 0 Å². The van der Waals surface area contributed by atoms with Crippen molar-refractivity contribution in [2.75, 3.05) is 0 Å². The predicted molar refractivity (Wildman–Crippen MR) is 58.1 cm³/mol. The largest absolute Gasteiger partial charge is 0.144 e. The molecule has 0 bridgehead atoms. The Balaban J connectivity index is 2.51. The molecule has 0 spiro atoms. The summed E-state index contributed by atoms with van der Waals surface area (Å²) in [6.07, 6.45) is 0. The van der Waals surface area contributed by atoms with Gasteiger partial charge in [0, 0.05) is 0 Å². The van der Waals surface area contributed by atoms with Gasteiger partial charge in [0.05, 0.1) is 4.88 Å². The minimum Gasteiger partial charge on any atom is -0.131 e. The van der Waals surface area contributed by atoms with Gasteiger partial charge in [0.2, 0.25) is 0 Å². The summed E-state index contributed by atoms with van der Waals surface area (Å²) >= 11 is 3.63. The molecule has 2 aromatic rings. The summed E-state index contributed by atoms with van der Waals surface area (Å²) in [5.41, 5.74) is 1.19. The molecule has 0 amide bonds. The molecule has 1 heterocycles. The Bertz CT molecular complexity index is 372. The molecule has 12 heavy (non-hydrogen) atoms. The number of aromatic nitrogens is 2. The topological polar surface area (TPSA) is 25.8 Å². The molecule has 0 N–H and O–H groups in total. The standard InChI is InChI=1S/C8H5IN2S/c9-8-7(12-11-10-8)6-4-2-1-3-5-6/h1-5H. The number of rotatable bonds is 1. The number of halogens is 1. The third-order valence-corrected chi connectivity index (χ3v) is 3.38. The van der Waals surface area contributed by atoms with Gasteiger partial charge in [0.15, 0.2) is 0 Å². The minimum absolute atomic E-state index is 0.976. The van der Waals surface area contributed by atoms with E-state index in [2.05, 4.69) is 44.3 Å². The van der Waals surface area contributed by atoms with Crippen molar-refractivity contribution in [3.63, 3.8) is 0 Å². The molecular weight excluding hydrogens is 283 g/mol. The van der Waals surface area contributed by atoms with Gasteiger partial charge in [-0.25, -0.2) is 0 Å². The zero-order chi connectivity index (χ0) is 8.39. The van der Waals surface area contributed by atoms with Crippen molar-refractivity contribution in [1.29, 1.82) is 0 Å². The minimum atomic E-state index is 0.976. The van der Waals surface area contributed by atoms with Crippen LogP contribution in [0, 0.1) is 3.70 Å². The maximum absolute atomic E-state index is 3.95. The predicted octanol–water partition coefficient (Wildman–Crippen LogP) is 2.81. The molecule has 1 aromatic carbocycles. The van der Waals surface area contributed by atoms with Gasteiger partial charge in [-0.15, -0.1) is 5.10 Å². The molecule has 0 aliphatic carbocycles. The summed E-state index contributed by atoms with van der Waals surface area (Å²) < 4.78 is 4.86. The summed E-state index contributed by atoms with van der Waals surface area (Å²) in [4.78, 5) is 1.15. The summed E-state index contributed by atoms with van der Waals surface area (Å²) in [5, 5.41) is 3.95. The fourth-order valence-electron chi connectivity index (χ4n) is 0.941. The number of hydrogen-bond donors (Lipinski definition) is 0. The Labute approximate surface area is 87.9 Å². The summed E-state index contributed by atoms with van der Waals surface area (Å²) in [7, 11) is 0. The zero-order valence-corrected chi connectivity index (χ0v) is 9.04. The highest BCUT2D eigenvalue weighted by Gasteiger charge is 2.05. The molecule has 0 aliphatic rings. The first kappa shape index (κ1) is 8.12. The monoisotopic (exact) mass is 288 g/mol. The first-order valence-electron chi connectivity index (χ1n) is 3.41. The van der Waals surface area contributed by atoms with Crippen molar-refractivity contribution >= 4 is 34.1 Å². The highest BCUT2D eigenvalue weighted by Crippen LogP contribution is 2.26. The lowest BCUT2D eigenvalue weighted by molar-refractivity contribution is 1.12. The van der Waals surface area contributed by atoms with Crippen LogP contribution >= 0.6 is 34.1 Å². The molecule has 0 radical (unpaired) electrons. The van der Waals surface area contributed by atoms with Crippen molar-refractivity contribution in [2.45, 2.75) is 0 Å². The fourth-order valence-corrected chi connectivity index (χ4v) is 2.36. The number of benzene rings is 1. The number of hydrogen-bond acceptors (Lipinski definition) is 3. The molecule has 60 valence electrons. The molecule has 0 atom stereocenters. The SMILES string of the molecule is Ic1nnsc1-c1ccccc1. The van der Waals surface area contributed by atoms with Crippen LogP contribution in [-0.4, -0.2) is 9.59 Å². The second kappa shape index (κ2) is 3.49. The average molecular weight is 288 g/mol. The van der Waals surface area contributed by atoms with E-state index in [1.54, 1.807) is 0 Å². The van der Waals surface area contributed by atoms with E-state index in [1.165, 1.54) is 17.1 Å². The lowest BCUT2D eigenvalue weighted by Crippen LogP contribution is -1.75. The average Bonchev–Trinajstić information content (AvgIpc) is 2.53. The van der Waals surface area contributed by atoms with E-state index < -0.39 is 0 Å². The lowest BCUT2D eigenvalue weighted by atomic mass is 10.2. The molecular formula is C8H5IN2S. The van der Waals surface area contributed by atoms with Crippen LogP contribution in [0.3, 0.4) is 0 Å². The second-order valence-electron chi connectivity index (χ2n) is 2.26. The van der Waals surface area contributed by atoms with Gasteiger partial charge in [-0.3, -0.25) is 0 Å². The van der Waals surface area contributed by atoms with E-state index in [-0.39, 0.29) is 0 Å². The lowest BCUT2D eigenvalue weighted by Gasteiger charge is -1.93. The first-order valence-corrected chi connectivity index (χ1v) is 5.26. The Morgan fingerprint density at radius 3 is 2.50 bits per heavy atom. The molecule has 0 aliphatic heterocycles. The number of nitrogens with zero attached hydrogens (tertiary/aromatic N) is 2. The van der Waals surface area contributed by atoms with Gasteiger partial charge < -0.3 is 0 Å². The fraction of sp³-hybridized carbons (Fsp3) is 0. The van der Waals surface area contributed by atoms with Crippen LogP contribution < -0.4 is 0 Å². The van der Waals surface area contributed by atoms with Crippen LogP contribution in [0.2, 0.25) is 0 Å². The Morgan fingerprint density at radius 1 is 1.17 bits per heavy atom. The Morgan fingerprint density at radius 2 is 1.92 bits per heavy atom. The molecule has 0 saturated heterocycles. The van der Waals surface area contributed by atoms with Crippen molar-refractivity contribution in [2.24, 2.45) is 0 Å². The van der Waals surface area contributed by atoms with Gasteiger partial charge in [-0.2, -0.15) is 0 Å². The maximum atomic E-state index is 3.95. The summed E-state index contributed by atoms with van der Waals surface area (Å²) in [6.45, 7) is 0. The van der Waals surface area contributed by atoms with Crippen molar-refractivity contribution < 1.29 is 0 Å². The van der Waals surface area contributed by atoms with Gasteiger partial charge >= 0.3 is 0 Å². The molecule has 0 unspecified atom stereocenters. The van der Waals surface area contributed by atoms with Crippen LogP contribution in [-0.2, 0) is 0 Å². The summed E-state index contributed by atoms with van der Waals surface area (Å²) in [6, 6.07) is 10.2. The van der Waals surface area contributed by atoms with Crippen LogP contribution in [0.1, 0.15) is 0 Å². The zero-order valence-electron chi connectivity index (χ0n) is 6.07. The molecule has 1 aromatic heterocycles.